The summed E-state index contributed by atoms with van der Waals surface area (Å²) in [4.78, 5) is 24.9. The number of likely N-dealkylation sites (tertiary alicyclic amines) is 1. The minimum Gasteiger partial charge on any atom is -0.490 e. The van der Waals surface area contributed by atoms with Crippen molar-refractivity contribution in [3.63, 3.8) is 0 Å². The Balaban J connectivity index is 1.44. The highest BCUT2D eigenvalue weighted by atomic mass is 16.5. The lowest BCUT2D eigenvalue weighted by Crippen LogP contribution is -2.46. The van der Waals surface area contributed by atoms with E-state index in [4.69, 9.17) is 15.1 Å². The molecule has 0 saturated carbocycles. The Labute approximate surface area is 163 Å². The number of carbonyl (C=O) groups excluding carboxylic acids is 1. The van der Waals surface area contributed by atoms with E-state index in [-0.39, 0.29) is 17.7 Å². The van der Waals surface area contributed by atoms with Gasteiger partial charge in [0.15, 0.2) is 0 Å². The van der Waals surface area contributed by atoms with Crippen molar-refractivity contribution >= 4 is 12.0 Å². The first-order valence-electron chi connectivity index (χ1n) is 9.07. The third-order valence-electron chi connectivity index (χ3n) is 4.64. The van der Waals surface area contributed by atoms with Crippen LogP contribution in [0.3, 0.4) is 0 Å². The normalized spacial score (nSPS) is 14.2. The van der Waals surface area contributed by atoms with Crippen LogP contribution in [0.5, 0.6) is 5.75 Å². The van der Waals surface area contributed by atoms with Gasteiger partial charge in [-0.15, -0.1) is 0 Å². The first-order valence-corrected chi connectivity index (χ1v) is 9.07. The number of piperidine rings is 1. The molecule has 0 bridgehead atoms. The number of urea groups is 1. The van der Waals surface area contributed by atoms with E-state index in [0.717, 1.165) is 18.4 Å². The molecule has 1 heterocycles. The fraction of sp³-hybridized carbons (Fsp3) is 0.286. The summed E-state index contributed by atoms with van der Waals surface area (Å²) in [5.74, 6) is -0.299. The number of rotatable bonds is 5. The minimum absolute atomic E-state index is 0.0153. The molecule has 0 unspecified atom stereocenters. The van der Waals surface area contributed by atoms with Gasteiger partial charge < -0.3 is 20.1 Å². The van der Waals surface area contributed by atoms with Crippen LogP contribution in [-0.2, 0) is 6.54 Å². The summed E-state index contributed by atoms with van der Waals surface area (Å²) >= 11 is 0. The van der Waals surface area contributed by atoms with Crippen molar-refractivity contribution in [1.29, 1.82) is 5.26 Å². The molecule has 0 aromatic heterocycles. The van der Waals surface area contributed by atoms with Crippen molar-refractivity contribution in [3.8, 4) is 11.8 Å². The Bertz CT molecular complexity index is 881. The van der Waals surface area contributed by atoms with Crippen LogP contribution in [0.2, 0.25) is 0 Å². The first kappa shape index (κ1) is 19.2. The van der Waals surface area contributed by atoms with Gasteiger partial charge in [0.25, 0.3) is 0 Å². The van der Waals surface area contributed by atoms with E-state index in [1.54, 1.807) is 35.2 Å². The average molecular weight is 379 g/mol. The molecule has 2 aromatic rings. The molecule has 2 amide bonds. The molecule has 2 N–H and O–H groups in total. The number of nitriles is 1. The zero-order valence-electron chi connectivity index (χ0n) is 15.3. The number of hydrogen-bond acceptors (Lipinski definition) is 4. The van der Waals surface area contributed by atoms with Crippen LogP contribution in [0, 0.1) is 11.3 Å². The topological polar surface area (TPSA) is 103 Å². The van der Waals surface area contributed by atoms with Crippen LogP contribution in [0.25, 0.3) is 0 Å². The van der Waals surface area contributed by atoms with Crippen molar-refractivity contribution in [1.82, 2.24) is 10.2 Å². The molecule has 3 rings (SSSR count). The van der Waals surface area contributed by atoms with E-state index < -0.39 is 5.97 Å². The molecular weight excluding hydrogens is 358 g/mol. The number of carboxylic acid groups (broad SMARTS) is 1. The summed E-state index contributed by atoms with van der Waals surface area (Å²) in [5, 5.41) is 20.7. The lowest BCUT2D eigenvalue weighted by molar-refractivity contribution is 0.0696. The average Bonchev–Trinajstić information content (AvgIpc) is 2.73. The number of benzene rings is 2. The predicted octanol–water partition coefficient (Wildman–Crippen LogP) is 3.01. The molecule has 1 fully saturated rings. The fourth-order valence-electron chi connectivity index (χ4n) is 3.06. The van der Waals surface area contributed by atoms with Gasteiger partial charge in [-0.1, -0.05) is 18.2 Å². The van der Waals surface area contributed by atoms with Crippen LogP contribution >= 0.6 is 0 Å². The lowest BCUT2D eigenvalue weighted by atomic mass is 10.1. The SMILES string of the molecule is N#Cc1cccc(OC2CCN(C(=O)NCc3ccc(C(=O)O)cc3)CC2)c1. The molecule has 7 nitrogen and oxygen atoms in total. The molecule has 2 aromatic carbocycles. The Morgan fingerprint density at radius 2 is 1.89 bits per heavy atom. The Kier molecular flexibility index (Phi) is 6.12. The van der Waals surface area contributed by atoms with Gasteiger partial charge in [-0.25, -0.2) is 9.59 Å². The van der Waals surface area contributed by atoms with Crippen LogP contribution in [0.15, 0.2) is 48.5 Å². The largest absolute Gasteiger partial charge is 0.490 e. The molecule has 0 aliphatic carbocycles. The number of aromatic carboxylic acids is 1. The molecule has 0 spiro atoms. The van der Waals surface area contributed by atoms with Crippen LogP contribution < -0.4 is 10.1 Å². The van der Waals surface area contributed by atoms with Gasteiger partial charge in [-0.2, -0.15) is 5.26 Å². The second-order valence-electron chi connectivity index (χ2n) is 6.60. The Morgan fingerprint density at radius 3 is 2.54 bits per heavy atom. The number of ether oxygens (including phenoxy) is 1. The molecule has 144 valence electrons. The summed E-state index contributed by atoms with van der Waals surface area (Å²) in [5.41, 5.74) is 1.62. The number of carbonyl (C=O) groups is 2. The van der Waals surface area contributed by atoms with Gasteiger partial charge in [-0.3, -0.25) is 0 Å². The fourth-order valence-corrected chi connectivity index (χ4v) is 3.06. The maximum absolute atomic E-state index is 12.3. The summed E-state index contributed by atoms with van der Waals surface area (Å²) in [6.07, 6.45) is 1.45. The molecule has 7 heteroatoms. The maximum Gasteiger partial charge on any atom is 0.335 e. The lowest BCUT2D eigenvalue weighted by Gasteiger charge is -2.32. The molecular formula is C21H21N3O4. The number of amides is 2. The highest BCUT2D eigenvalue weighted by molar-refractivity contribution is 5.87. The van der Waals surface area contributed by atoms with Gasteiger partial charge in [0.2, 0.25) is 0 Å². The summed E-state index contributed by atoms with van der Waals surface area (Å²) < 4.78 is 5.93. The van der Waals surface area contributed by atoms with Gasteiger partial charge in [0.1, 0.15) is 11.9 Å². The summed E-state index contributed by atoms with van der Waals surface area (Å²) in [7, 11) is 0. The van der Waals surface area contributed by atoms with Crippen molar-refractivity contribution in [2.24, 2.45) is 0 Å². The van der Waals surface area contributed by atoms with Gasteiger partial charge in [0, 0.05) is 32.5 Å². The van der Waals surface area contributed by atoms with E-state index in [9.17, 15) is 9.59 Å². The number of nitrogens with one attached hydrogen (secondary N) is 1. The number of hydrogen-bond donors (Lipinski definition) is 2. The second-order valence-corrected chi connectivity index (χ2v) is 6.60. The number of nitrogens with zero attached hydrogens (tertiary/aromatic N) is 2. The molecule has 1 aliphatic rings. The molecule has 0 radical (unpaired) electrons. The molecule has 1 saturated heterocycles. The quantitative estimate of drug-likeness (QED) is 0.831. The van der Waals surface area contributed by atoms with Crippen molar-refractivity contribution in [2.45, 2.75) is 25.5 Å². The van der Waals surface area contributed by atoms with Crippen LogP contribution in [0.1, 0.15) is 34.3 Å². The van der Waals surface area contributed by atoms with E-state index in [1.165, 1.54) is 12.1 Å². The monoisotopic (exact) mass is 379 g/mol. The molecule has 28 heavy (non-hydrogen) atoms. The van der Waals surface area contributed by atoms with Crippen molar-refractivity contribution in [3.05, 3.63) is 65.2 Å². The first-order chi connectivity index (χ1) is 13.5. The molecule has 0 atom stereocenters. The van der Waals surface area contributed by atoms with Gasteiger partial charge >= 0.3 is 12.0 Å². The Morgan fingerprint density at radius 1 is 1.18 bits per heavy atom. The predicted molar refractivity (Wildman–Crippen MR) is 102 cm³/mol. The maximum atomic E-state index is 12.3. The van der Waals surface area contributed by atoms with Crippen molar-refractivity contribution in [2.75, 3.05) is 13.1 Å². The third-order valence-corrected chi connectivity index (χ3v) is 4.64. The van der Waals surface area contributed by atoms with Crippen molar-refractivity contribution < 1.29 is 19.4 Å². The van der Waals surface area contributed by atoms with Crippen LogP contribution in [-0.4, -0.2) is 41.2 Å². The minimum atomic E-state index is -0.972. The number of carboxylic acids is 1. The zero-order chi connectivity index (χ0) is 19.9. The van der Waals surface area contributed by atoms with E-state index >= 15 is 0 Å². The smallest absolute Gasteiger partial charge is 0.335 e. The van der Waals surface area contributed by atoms with E-state index in [1.807, 2.05) is 6.07 Å². The van der Waals surface area contributed by atoms with E-state index in [0.29, 0.717) is 30.9 Å². The summed E-state index contributed by atoms with van der Waals surface area (Å²) in [6.45, 7) is 1.52. The van der Waals surface area contributed by atoms with E-state index in [2.05, 4.69) is 11.4 Å². The second kappa shape index (κ2) is 8.91. The highest BCUT2D eigenvalue weighted by Gasteiger charge is 2.23. The standard InChI is InChI=1S/C21H21N3O4/c22-13-16-2-1-3-19(12-16)28-18-8-10-24(11-9-18)21(27)23-14-15-4-6-17(7-5-15)20(25)26/h1-7,12,18H,8-11,14H2,(H,23,27)(H,25,26). The highest BCUT2D eigenvalue weighted by Crippen LogP contribution is 2.20. The van der Waals surface area contributed by atoms with Crippen LogP contribution in [0.4, 0.5) is 4.79 Å². The zero-order valence-corrected chi connectivity index (χ0v) is 15.3. The molecule has 1 aliphatic heterocycles. The van der Waals surface area contributed by atoms with Gasteiger partial charge in [0.05, 0.1) is 17.2 Å². The van der Waals surface area contributed by atoms with Gasteiger partial charge in [-0.05, 0) is 35.9 Å². The summed E-state index contributed by atoms with van der Waals surface area (Å²) in [6, 6.07) is 15.4. The Hall–Kier alpha value is -3.53. The third kappa shape index (κ3) is 5.01.